The molecule has 4 heteroatoms. The maximum atomic E-state index is 4.01. The molecule has 2 unspecified atom stereocenters. The lowest BCUT2D eigenvalue weighted by atomic mass is 9.72. The predicted octanol–water partition coefficient (Wildman–Crippen LogP) is 1.06. The van der Waals surface area contributed by atoms with Crippen molar-refractivity contribution in [2.75, 3.05) is 6.54 Å². The van der Waals surface area contributed by atoms with E-state index in [-0.39, 0.29) is 0 Å². The number of aromatic nitrogens is 3. The summed E-state index contributed by atoms with van der Waals surface area (Å²) in [6.45, 7) is 1.18. The van der Waals surface area contributed by atoms with Gasteiger partial charge in [0.05, 0.1) is 11.9 Å². The molecule has 82 valence electrons. The summed E-state index contributed by atoms with van der Waals surface area (Å²) < 4.78 is 1.92. The van der Waals surface area contributed by atoms with Gasteiger partial charge in [-0.15, -0.1) is 5.10 Å². The topological polar surface area (TPSA) is 42.7 Å². The number of hydrogen-bond acceptors (Lipinski definition) is 3. The molecule has 1 aromatic rings. The highest BCUT2D eigenvalue weighted by molar-refractivity contribution is 5.10. The van der Waals surface area contributed by atoms with Crippen LogP contribution in [0.4, 0.5) is 0 Å². The van der Waals surface area contributed by atoms with E-state index in [0.717, 1.165) is 12.0 Å². The van der Waals surface area contributed by atoms with E-state index in [1.54, 1.807) is 0 Å². The normalized spacial score (nSPS) is 30.2. The maximum absolute atomic E-state index is 4.01. The van der Waals surface area contributed by atoms with Gasteiger partial charge in [-0.1, -0.05) is 5.21 Å². The highest BCUT2D eigenvalue weighted by Crippen LogP contribution is 2.41. The fourth-order valence-electron chi connectivity index (χ4n) is 2.44. The van der Waals surface area contributed by atoms with Crippen molar-refractivity contribution in [3.63, 3.8) is 0 Å². The van der Waals surface area contributed by atoms with Gasteiger partial charge in [-0.25, -0.2) is 0 Å². The first-order valence-corrected chi connectivity index (χ1v) is 5.92. The first kappa shape index (κ1) is 9.33. The van der Waals surface area contributed by atoms with Crippen molar-refractivity contribution in [3.8, 4) is 0 Å². The Kier molecular flexibility index (Phi) is 2.24. The molecule has 2 aliphatic rings. The molecule has 0 saturated heterocycles. The molecule has 2 saturated carbocycles. The van der Waals surface area contributed by atoms with Crippen molar-refractivity contribution in [1.29, 1.82) is 0 Å². The van der Waals surface area contributed by atoms with Crippen LogP contribution < -0.4 is 5.32 Å². The molecule has 1 aromatic heterocycles. The Labute approximate surface area is 90.0 Å². The lowest BCUT2D eigenvalue weighted by Gasteiger charge is -2.36. The highest BCUT2D eigenvalue weighted by Gasteiger charge is 2.35. The van der Waals surface area contributed by atoms with Gasteiger partial charge in [0.25, 0.3) is 0 Å². The van der Waals surface area contributed by atoms with E-state index in [1.165, 1.54) is 37.9 Å². The quantitative estimate of drug-likeness (QED) is 0.801. The molecule has 2 atom stereocenters. The van der Waals surface area contributed by atoms with Crippen LogP contribution in [0.3, 0.4) is 0 Å². The first-order chi connectivity index (χ1) is 7.34. The van der Waals surface area contributed by atoms with E-state index in [4.69, 9.17) is 0 Å². The zero-order chi connectivity index (χ0) is 10.3. The van der Waals surface area contributed by atoms with Gasteiger partial charge < -0.3 is 5.32 Å². The Hall–Kier alpha value is -0.900. The number of nitrogens with zero attached hydrogens (tertiary/aromatic N) is 3. The van der Waals surface area contributed by atoms with Gasteiger partial charge in [-0.3, -0.25) is 4.68 Å². The summed E-state index contributed by atoms with van der Waals surface area (Å²) in [5, 5.41) is 11.6. The summed E-state index contributed by atoms with van der Waals surface area (Å²) in [6, 6.07) is 0.830. The van der Waals surface area contributed by atoms with Crippen LogP contribution in [0.25, 0.3) is 0 Å². The van der Waals surface area contributed by atoms with Crippen molar-refractivity contribution >= 4 is 0 Å². The van der Waals surface area contributed by atoms with Crippen LogP contribution in [0.15, 0.2) is 6.20 Å². The van der Waals surface area contributed by atoms with Crippen molar-refractivity contribution in [3.05, 3.63) is 11.9 Å². The smallest absolute Gasteiger partial charge is 0.0728 e. The zero-order valence-electron chi connectivity index (χ0n) is 9.19. The van der Waals surface area contributed by atoms with E-state index in [0.29, 0.717) is 5.92 Å². The summed E-state index contributed by atoms with van der Waals surface area (Å²) >= 11 is 0. The first-order valence-electron chi connectivity index (χ1n) is 5.92. The summed E-state index contributed by atoms with van der Waals surface area (Å²) in [7, 11) is 1.99. The predicted molar refractivity (Wildman–Crippen MR) is 57.5 cm³/mol. The van der Waals surface area contributed by atoms with Crippen LogP contribution >= 0.6 is 0 Å². The second kappa shape index (κ2) is 3.59. The molecule has 1 heterocycles. The molecular formula is C11H18N4. The highest BCUT2D eigenvalue weighted by atomic mass is 15.4. The van der Waals surface area contributed by atoms with E-state index in [9.17, 15) is 0 Å². The molecule has 1 N–H and O–H groups in total. The molecule has 0 radical (unpaired) electrons. The Bertz CT molecular complexity index is 342. The molecule has 0 bridgehead atoms. The fraction of sp³-hybridized carbons (Fsp3) is 0.818. The summed E-state index contributed by atoms with van der Waals surface area (Å²) in [6.07, 6.45) is 7.34. The second-order valence-corrected chi connectivity index (χ2v) is 4.91. The lowest BCUT2D eigenvalue weighted by molar-refractivity contribution is 0.235. The van der Waals surface area contributed by atoms with Crippen molar-refractivity contribution in [1.82, 2.24) is 20.3 Å². The molecule has 2 aliphatic carbocycles. The van der Waals surface area contributed by atoms with Crippen LogP contribution in [-0.4, -0.2) is 27.6 Å². The van der Waals surface area contributed by atoms with Gasteiger partial charge in [0.15, 0.2) is 0 Å². The average Bonchev–Trinajstić information content (AvgIpc) is 2.91. The van der Waals surface area contributed by atoms with Crippen LogP contribution in [0.1, 0.15) is 37.3 Å². The number of aryl methyl sites for hydroxylation is 1. The van der Waals surface area contributed by atoms with Crippen LogP contribution in [0, 0.1) is 5.92 Å². The summed E-state index contributed by atoms with van der Waals surface area (Å²) in [5.74, 6) is 1.50. The van der Waals surface area contributed by atoms with Gasteiger partial charge in [0, 0.05) is 19.0 Å². The van der Waals surface area contributed by atoms with Crippen LogP contribution in [0.2, 0.25) is 0 Å². The fourth-order valence-corrected chi connectivity index (χ4v) is 2.44. The third-order valence-corrected chi connectivity index (χ3v) is 3.79. The largest absolute Gasteiger partial charge is 0.314 e. The summed E-state index contributed by atoms with van der Waals surface area (Å²) in [5.41, 5.74) is 1.31. The minimum absolute atomic E-state index is 0.691. The Balaban J connectivity index is 1.59. The second-order valence-electron chi connectivity index (χ2n) is 4.91. The third-order valence-electron chi connectivity index (χ3n) is 3.79. The third kappa shape index (κ3) is 1.78. The Morgan fingerprint density at radius 2 is 2.27 bits per heavy atom. The van der Waals surface area contributed by atoms with E-state index >= 15 is 0 Å². The van der Waals surface area contributed by atoms with Crippen molar-refractivity contribution in [2.24, 2.45) is 13.0 Å². The minimum atomic E-state index is 0.691. The lowest BCUT2D eigenvalue weighted by Crippen LogP contribution is -2.35. The molecule has 2 fully saturated rings. The van der Waals surface area contributed by atoms with Gasteiger partial charge in [0.1, 0.15) is 0 Å². The van der Waals surface area contributed by atoms with Gasteiger partial charge >= 0.3 is 0 Å². The molecule has 3 rings (SSSR count). The SMILES string of the molecule is Cn1nncc1C1CCC1CNC1CC1. The molecule has 0 spiro atoms. The van der Waals surface area contributed by atoms with E-state index in [2.05, 4.69) is 15.6 Å². The molecule has 15 heavy (non-hydrogen) atoms. The molecule has 0 aromatic carbocycles. The monoisotopic (exact) mass is 206 g/mol. The van der Waals surface area contributed by atoms with Gasteiger partial charge in [-0.05, 0) is 38.1 Å². The average molecular weight is 206 g/mol. The number of nitrogens with one attached hydrogen (secondary N) is 1. The molecular weight excluding hydrogens is 188 g/mol. The van der Waals surface area contributed by atoms with E-state index in [1.807, 2.05) is 17.9 Å². The number of rotatable bonds is 4. The van der Waals surface area contributed by atoms with E-state index < -0.39 is 0 Å². The zero-order valence-corrected chi connectivity index (χ0v) is 9.19. The minimum Gasteiger partial charge on any atom is -0.314 e. The molecule has 4 nitrogen and oxygen atoms in total. The van der Waals surface area contributed by atoms with Crippen molar-refractivity contribution < 1.29 is 0 Å². The van der Waals surface area contributed by atoms with Gasteiger partial charge in [-0.2, -0.15) is 0 Å². The van der Waals surface area contributed by atoms with Crippen molar-refractivity contribution in [2.45, 2.75) is 37.6 Å². The van der Waals surface area contributed by atoms with Crippen LogP contribution in [0.5, 0.6) is 0 Å². The maximum Gasteiger partial charge on any atom is 0.0728 e. The number of hydrogen-bond donors (Lipinski definition) is 1. The standard InChI is InChI=1S/C11H18N4/c1-15-11(7-13-14-15)10-5-2-8(10)6-12-9-3-4-9/h7-10,12H,2-6H2,1H3. The summed E-state index contributed by atoms with van der Waals surface area (Å²) in [4.78, 5) is 0. The molecule has 0 aliphatic heterocycles. The molecule has 0 amide bonds. The van der Waals surface area contributed by atoms with Crippen LogP contribution in [-0.2, 0) is 7.05 Å². The Morgan fingerprint density at radius 3 is 2.80 bits per heavy atom. The van der Waals surface area contributed by atoms with Gasteiger partial charge in [0.2, 0.25) is 0 Å². The Morgan fingerprint density at radius 1 is 1.40 bits per heavy atom.